The van der Waals surface area contributed by atoms with Crippen molar-refractivity contribution in [2.75, 3.05) is 0 Å². The van der Waals surface area contributed by atoms with Gasteiger partial charge >= 0.3 is 0 Å². The summed E-state index contributed by atoms with van der Waals surface area (Å²) in [5.74, 6) is 0.699. The molecule has 0 heterocycles. The molecule has 0 nitrogen and oxygen atoms in total. The first-order valence-corrected chi connectivity index (χ1v) is 6.03. The molecule has 1 aromatic rings. The van der Waals surface area contributed by atoms with Gasteiger partial charge in [-0.3, -0.25) is 0 Å². The molecule has 0 bridgehead atoms. The highest BCUT2D eigenvalue weighted by Crippen LogP contribution is 2.16. The van der Waals surface area contributed by atoms with Crippen LogP contribution in [0.3, 0.4) is 0 Å². The van der Waals surface area contributed by atoms with Gasteiger partial charge in [0.05, 0.1) is 0 Å². The lowest BCUT2D eigenvalue weighted by Gasteiger charge is -2.11. The number of allylic oxidation sites excluding steroid dienone is 1. The van der Waals surface area contributed by atoms with Gasteiger partial charge in [-0.25, -0.2) is 0 Å². The van der Waals surface area contributed by atoms with Gasteiger partial charge in [-0.2, -0.15) is 0 Å². The number of benzene rings is 1. The van der Waals surface area contributed by atoms with Gasteiger partial charge in [-0.1, -0.05) is 56.2 Å². The van der Waals surface area contributed by atoms with Crippen molar-refractivity contribution in [1.29, 1.82) is 0 Å². The average molecular weight is 202 g/mol. The summed E-state index contributed by atoms with van der Waals surface area (Å²) in [7, 11) is 0. The van der Waals surface area contributed by atoms with Crippen LogP contribution in [0.1, 0.15) is 38.2 Å². The molecule has 0 spiro atoms. The van der Waals surface area contributed by atoms with E-state index in [1.807, 2.05) is 0 Å². The summed E-state index contributed by atoms with van der Waals surface area (Å²) in [5, 5.41) is 0. The molecule has 1 atom stereocenters. The largest absolute Gasteiger partial charge is 0.103 e. The number of hydrogen-bond acceptors (Lipinski definition) is 0. The highest BCUT2D eigenvalue weighted by molar-refractivity contribution is 5.14. The van der Waals surface area contributed by atoms with E-state index in [1.165, 1.54) is 37.7 Å². The maximum Gasteiger partial charge on any atom is -0.0233 e. The Morgan fingerprint density at radius 1 is 1.20 bits per heavy atom. The van der Waals surface area contributed by atoms with Crippen LogP contribution in [-0.2, 0) is 6.42 Å². The first-order valence-electron chi connectivity index (χ1n) is 6.03. The zero-order valence-corrected chi connectivity index (χ0v) is 9.78. The lowest BCUT2D eigenvalue weighted by atomic mass is 9.95. The second-order valence-electron chi connectivity index (χ2n) is 4.16. The second kappa shape index (κ2) is 7.28. The molecule has 0 amide bonds. The molecule has 1 rings (SSSR count). The van der Waals surface area contributed by atoms with Crippen molar-refractivity contribution in [3.05, 3.63) is 48.6 Å². The highest BCUT2D eigenvalue weighted by Gasteiger charge is 2.03. The van der Waals surface area contributed by atoms with Crippen molar-refractivity contribution in [3.8, 4) is 0 Å². The predicted molar refractivity (Wildman–Crippen MR) is 68.0 cm³/mol. The van der Waals surface area contributed by atoms with Crippen molar-refractivity contribution in [2.45, 2.75) is 39.0 Å². The fourth-order valence-electron chi connectivity index (χ4n) is 1.84. The fraction of sp³-hybridized carbons (Fsp3) is 0.467. The van der Waals surface area contributed by atoms with E-state index in [-0.39, 0.29) is 0 Å². The van der Waals surface area contributed by atoms with Gasteiger partial charge in [0, 0.05) is 0 Å². The standard InChI is InChI=1S/C15H22/c1-3-5-9-14(4-2)12-13-15-10-7-6-8-11-15/h4,6-8,10-11,14H,2-3,5,9,12-13H2,1H3. The normalized spacial score (nSPS) is 12.3. The van der Waals surface area contributed by atoms with E-state index >= 15 is 0 Å². The van der Waals surface area contributed by atoms with E-state index in [4.69, 9.17) is 0 Å². The smallest absolute Gasteiger partial charge is 0.0233 e. The Morgan fingerprint density at radius 3 is 2.53 bits per heavy atom. The zero-order valence-electron chi connectivity index (χ0n) is 9.78. The molecule has 82 valence electrons. The molecule has 1 unspecified atom stereocenters. The SMILES string of the molecule is C=CC(CCCC)CCc1ccccc1. The molecular formula is C15H22. The molecule has 0 saturated carbocycles. The Labute approximate surface area is 94.0 Å². The second-order valence-corrected chi connectivity index (χ2v) is 4.16. The van der Waals surface area contributed by atoms with Crippen LogP contribution in [0.4, 0.5) is 0 Å². The van der Waals surface area contributed by atoms with Crippen molar-refractivity contribution < 1.29 is 0 Å². The molecule has 0 N–H and O–H groups in total. The molecule has 0 aliphatic heterocycles. The summed E-state index contributed by atoms with van der Waals surface area (Å²) < 4.78 is 0. The van der Waals surface area contributed by atoms with Crippen LogP contribution in [0.5, 0.6) is 0 Å². The van der Waals surface area contributed by atoms with Gasteiger partial charge in [0.15, 0.2) is 0 Å². The minimum Gasteiger partial charge on any atom is -0.103 e. The van der Waals surface area contributed by atoms with Gasteiger partial charge < -0.3 is 0 Å². The van der Waals surface area contributed by atoms with E-state index in [0.717, 1.165) is 0 Å². The Hall–Kier alpha value is -1.04. The van der Waals surface area contributed by atoms with E-state index in [2.05, 4.69) is 49.9 Å². The summed E-state index contributed by atoms with van der Waals surface area (Å²) >= 11 is 0. The third-order valence-electron chi connectivity index (χ3n) is 2.91. The Morgan fingerprint density at radius 2 is 1.93 bits per heavy atom. The Balaban J connectivity index is 2.31. The predicted octanol–water partition coefficient (Wildman–Crippen LogP) is 4.61. The van der Waals surface area contributed by atoms with Crippen LogP contribution < -0.4 is 0 Å². The fourth-order valence-corrected chi connectivity index (χ4v) is 1.84. The van der Waals surface area contributed by atoms with Gasteiger partial charge in [0.2, 0.25) is 0 Å². The first-order chi connectivity index (χ1) is 7.36. The van der Waals surface area contributed by atoms with Crippen LogP contribution >= 0.6 is 0 Å². The zero-order chi connectivity index (χ0) is 10.9. The van der Waals surface area contributed by atoms with Crippen molar-refractivity contribution in [3.63, 3.8) is 0 Å². The maximum absolute atomic E-state index is 3.93. The highest BCUT2D eigenvalue weighted by atomic mass is 14.1. The number of rotatable bonds is 7. The quantitative estimate of drug-likeness (QED) is 0.566. The van der Waals surface area contributed by atoms with Gasteiger partial charge in [-0.05, 0) is 30.7 Å². The van der Waals surface area contributed by atoms with Crippen molar-refractivity contribution in [2.24, 2.45) is 5.92 Å². The van der Waals surface area contributed by atoms with E-state index in [0.29, 0.717) is 5.92 Å². The van der Waals surface area contributed by atoms with Gasteiger partial charge in [0.25, 0.3) is 0 Å². The van der Waals surface area contributed by atoms with Crippen LogP contribution in [0.2, 0.25) is 0 Å². The monoisotopic (exact) mass is 202 g/mol. The van der Waals surface area contributed by atoms with Crippen LogP contribution in [0, 0.1) is 5.92 Å². The molecule has 0 aliphatic rings. The molecule has 0 radical (unpaired) electrons. The number of aryl methyl sites for hydroxylation is 1. The Bertz CT molecular complexity index is 261. The van der Waals surface area contributed by atoms with Crippen LogP contribution in [0.15, 0.2) is 43.0 Å². The summed E-state index contributed by atoms with van der Waals surface area (Å²) in [4.78, 5) is 0. The van der Waals surface area contributed by atoms with Gasteiger partial charge in [0.1, 0.15) is 0 Å². The molecule has 0 aromatic heterocycles. The summed E-state index contributed by atoms with van der Waals surface area (Å²) in [6.45, 7) is 6.17. The molecular weight excluding hydrogens is 180 g/mol. The van der Waals surface area contributed by atoms with Gasteiger partial charge in [-0.15, -0.1) is 6.58 Å². The molecule has 1 aromatic carbocycles. The summed E-state index contributed by atoms with van der Waals surface area (Å²) in [5.41, 5.74) is 1.45. The van der Waals surface area contributed by atoms with E-state index in [9.17, 15) is 0 Å². The molecule has 0 fully saturated rings. The van der Waals surface area contributed by atoms with E-state index < -0.39 is 0 Å². The van der Waals surface area contributed by atoms with Crippen LogP contribution in [0.25, 0.3) is 0 Å². The lowest BCUT2D eigenvalue weighted by Crippen LogP contribution is -1.98. The third kappa shape index (κ3) is 4.83. The first kappa shape index (κ1) is 12.0. The minimum atomic E-state index is 0.699. The maximum atomic E-state index is 3.93. The average Bonchev–Trinajstić information content (AvgIpc) is 2.31. The molecule has 0 heteroatoms. The molecule has 0 aliphatic carbocycles. The lowest BCUT2D eigenvalue weighted by molar-refractivity contribution is 0.519. The molecule has 15 heavy (non-hydrogen) atoms. The Kier molecular flexibility index (Phi) is 5.84. The van der Waals surface area contributed by atoms with Crippen molar-refractivity contribution in [1.82, 2.24) is 0 Å². The third-order valence-corrected chi connectivity index (χ3v) is 2.91. The van der Waals surface area contributed by atoms with Crippen LogP contribution in [-0.4, -0.2) is 0 Å². The molecule has 0 saturated heterocycles. The topological polar surface area (TPSA) is 0 Å². The summed E-state index contributed by atoms with van der Waals surface area (Å²) in [6, 6.07) is 10.7. The summed E-state index contributed by atoms with van der Waals surface area (Å²) in [6.07, 6.45) is 8.46. The number of hydrogen-bond donors (Lipinski definition) is 0. The van der Waals surface area contributed by atoms with Crippen molar-refractivity contribution >= 4 is 0 Å². The minimum absolute atomic E-state index is 0.699. The van der Waals surface area contributed by atoms with E-state index in [1.54, 1.807) is 0 Å². The number of unbranched alkanes of at least 4 members (excludes halogenated alkanes) is 1.